The Kier molecular flexibility index (Phi) is 4.82. The number of aromatic nitrogens is 5. The Morgan fingerprint density at radius 1 is 1.10 bits per heavy atom. The van der Waals surface area contributed by atoms with Gasteiger partial charge in [0.25, 0.3) is 0 Å². The third-order valence-electron chi connectivity index (χ3n) is 5.53. The Morgan fingerprint density at radius 3 is 2.61 bits per heavy atom. The average molecular weight is 423 g/mol. The highest BCUT2D eigenvalue weighted by Gasteiger charge is 2.34. The maximum absolute atomic E-state index is 11.3. The van der Waals surface area contributed by atoms with E-state index < -0.39 is 5.60 Å². The number of rotatable bonds is 3. The van der Waals surface area contributed by atoms with Gasteiger partial charge in [0.2, 0.25) is 5.91 Å². The molecule has 0 bridgehead atoms. The predicted octanol–water partition coefficient (Wildman–Crippen LogP) is 1.95. The number of nitrogens with one attached hydrogen (secondary N) is 1. The molecular formula is C21H25N7O3. The quantitative estimate of drug-likeness (QED) is 0.681. The molecule has 0 saturated carbocycles. The van der Waals surface area contributed by atoms with Crippen LogP contribution >= 0.6 is 0 Å². The van der Waals surface area contributed by atoms with Crippen LogP contribution in [-0.4, -0.2) is 63.3 Å². The van der Waals surface area contributed by atoms with Crippen LogP contribution in [0.5, 0.6) is 0 Å². The van der Waals surface area contributed by atoms with Crippen LogP contribution in [0, 0.1) is 0 Å². The van der Waals surface area contributed by atoms with Crippen molar-refractivity contribution in [3.8, 4) is 11.4 Å². The van der Waals surface area contributed by atoms with Gasteiger partial charge in [0, 0.05) is 38.3 Å². The SMILES string of the molecule is CC(=O)Nc1ccc(-c2nc(N3CCOCC3)c3nc4n(c3n2)CCOC4(C)C)cn1. The van der Waals surface area contributed by atoms with Crippen LogP contribution in [0.15, 0.2) is 18.3 Å². The normalized spacial score (nSPS) is 18.1. The molecule has 31 heavy (non-hydrogen) atoms. The molecule has 2 aliphatic heterocycles. The zero-order valence-electron chi connectivity index (χ0n) is 17.9. The lowest BCUT2D eigenvalue weighted by Gasteiger charge is -2.30. The number of imidazole rings is 1. The predicted molar refractivity (Wildman–Crippen MR) is 115 cm³/mol. The van der Waals surface area contributed by atoms with Gasteiger partial charge in [0.15, 0.2) is 22.8 Å². The van der Waals surface area contributed by atoms with Gasteiger partial charge in [-0.2, -0.15) is 0 Å². The molecule has 1 saturated heterocycles. The fraction of sp³-hybridized carbons (Fsp3) is 0.476. The largest absolute Gasteiger partial charge is 0.378 e. The third kappa shape index (κ3) is 3.61. The fourth-order valence-corrected chi connectivity index (χ4v) is 4.02. The average Bonchev–Trinajstić information content (AvgIpc) is 3.14. The summed E-state index contributed by atoms with van der Waals surface area (Å²) >= 11 is 0. The number of carbonyl (C=O) groups excluding carboxylic acids is 1. The highest BCUT2D eigenvalue weighted by molar-refractivity contribution is 5.88. The van der Waals surface area contributed by atoms with E-state index in [0.29, 0.717) is 38.0 Å². The van der Waals surface area contributed by atoms with Crippen molar-refractivity contribution in [3.05, 3.63) is 24.2 Å². The van der Waals surface area contributed by atoms with E-state index in [1.807, 2.05) is 19.9 Å². The highest BCUT2D eigenvalue weighted by Crippen LogP contribution is 2.35. The first-order valence-corrected chi connectivity index (χ1v) is 10.4. The molecule has 0 aromatic carbocycles. The van der Waals surface area contributed by atoms with Gasteiger partial charge in [0.05, 0.1) is 19.8 Å². The number of carbonyl (C=O) groups is 1. The number of fused-ring (bicyclic) bond motifs is 3. The summed E-state index contributed by atoms with van der Waals surface area (Å²) in [6.07, 6.45) is 1.68. The van der Waals surface area contributed by atoms with Crippen LogP contribution in [0.2, 0.25) is 0 Å². The van der Waals surface area contributed by atoms with Crippen molar-refractivity contribution in [1.82, 2.24) is 24.5 Å². The van der Waals surface area contributed by atoms with Crippen molar-refractivity contribution < 1.29 is 14.3 Å². The van der Waals surface area contributed by atoms with Crippen LogP contribution in [0.3, 0.4) is 0 Å². The standard InChI is InChI=1S/C21H25N7O3/c1-13(29)23-15-5-4-14(12-22-15)17-25-18(27-6-9-30-10-7-27)16-19(26-17)28-8-11-31-21(2,3)20(28)24-16/h4-5,12H,6-11H2,1-3H3,(H,22,23,29). The second-order valence-corrected chi connectivity index (χ2v) is 8.20. The molecule has 3 aromatic heterocycles. The number of anilines is 2. The fourth-order valence-electron chi connectivity index (χ4n) is 4.02. The number of nitrogens with zero attached hydrogens (tertiary/aromatic N) is 6. The zero-order valence-corrected chi connectivity index (χ0v) is 17.9. The van der Waals surface area contributed by atoms with E-state index in [-0.39, 0.29) is 5.91 Å². The maximum atomic E-state index is 11.3. The summed E-state index contributed by atoms with van der Waals surface area (Å²) in [7, 11) is 0. The molecule has 162 valence electrons. The van der Waals surface area contributed by atoms with E-state index in [1.165, 1.54) is 6.92 Å². The van der Waals surface area contributed by atoms with E-state index >= 15 is 0 Å². The van der Waals surface area contributed by atoms with Crippen LogP contribution in [0.1, 0.15) is 26.6 Å². The van der Waals surface area contributed by atoms with Crippen molar-refractivity contribution in [2.45, 2.75) is 32.9 Å². The minimum Gasteiger partial charge on any atom is -0.378 e. The van der Waals surface area contributed by atoms with E-state index in [2.05, 4.69) is 19.8 Å². The number of hydrogen-bond acceptors (Lipinski definition) is 8. The molecule has 0 radical (unpaired) electrons. The van der Waals surface area contributed by atoms with Gasteiger partial charge >= 0.3 is 0 Å². The summed E-state index contributed by atoms with van der Waals surface area (Å²) in [5, 5.41) is 2.68. The van der Waals surface area contributed by atoms with Crippen LogP contribution in [-0.2, 0) is 26.4 Å². The lowest BCUT2D eigenvalue weighted by molar-refractivity contribution is -0.114. The Hall–Kier alpha value is -3.11. The molecule has 5 rings (SSSR count). The molecule has 1 fully saturated rings. The van der Waals surface area contributed by atoms with Crippen molar-refractivity contribution >= 4 is 28.7 Å². The topological polar surface area (TPSA) is 107 Å². The van der Waals surface area contributed by atoms with Crippen LogP contribution in [0.25, 0.3) is 22.6 Å². The van der Waals surface area contributed by atoms with Crippen LogP contribution in [0.4, 0.5) is 11.6 Å². The van der Waals surface area contributed by atoms with Crippen LogP contribution < -0.4 is 10.2 Å². The van der Waals surface area contributed by atoms with Gasteiger partial charge in [-0.25, -0.2) is 19.9 Å². The molecule has 10 heteroatoms. The van der Waals surface area contributed by atoms with E-state index in [4.69, 9.17) is 24.4 Å². The van der Waals surface area contributed by atoms with Gasteiger partial charge in [-0.05, 0) is 26.0 Å². The van der Waals surface area contributed by atoms with Gasteiger partial charge in [0.1, 0.15) is 17.2 Å². The molecular weight excluding hydrogens is 398 g/mol. The summed E-state index contributed by atoms with van der Waals surface area (Å²) in [4.78, 5) is 32.5. The Bertz CT molecular complexity index is 1130. The Labute approximate surface area is 179 Å². The van der Waals surface area contributed by atoms with Gasteiger partial charge in [-0.3, -0.25) is 4.79 Å². The van der Waals surface area contributed by atoms with E-state index in [0.717, 1.165) is 41.5 Å². The summed E-state index contributed by atoms with van der Waals surface area (Å²) < 4.78 is 13.6. The number of hydrogen-bond donors (Lipinski definition) is 1. The number of morpholine rings is 1. The molecule has 0 aliphatic carbocycles. The molecule has 1 N–H and O–H groups in total. The summed E-state index contributed by atoms with van der Waals surface area (Å²) in [6.45, 7) is 9.58. The highest BCUT2D eigenvalue weighted by atomic mass is 16.5. The van der Waals surface area contributed by atoms with Crippen molar-refractivity contribution in [1.29, 1.82) is 0 Å². The van der Waals surface area contributed by atoms with E-state index in [9.17, 15) is 4.79 Å². The first-order valence-electron chi connectivity index (χ1n) is 10.4. The molecule has 1 amide bonds. The minimum atomic E-state index is -0.497. The van der Waals surface area contributed by atoms with Crippen molar-refractivity contribution in [3.63, 3.8) is 0 Å². The molecule has 2 aliphatic rings. The van der Waals surface area contributed by atoms with Crippen molar-refractivity contribution in [2.24, 2.45) is 0 Å². The van der Waals surface area contributed by atoms with Gasteiger partial charge < -0.3 is 24.3 Å². The summed E-state index contributed by atoms with van der Waals surface area (Å²) in [6, 6.07) is 3.62. The molecule has 0 unspecified atom stereocenters. The molecule has 10 nitrogen and oxygen atoms in total. The third-order valence-corrected chi connectivity index (χ3v) is 5.53. The monoisotopic (exact) mass is 423 g/mol. The summed E-state index contributed by atoms with van der Waals surface area (Å²) in [5.74, 6) is 2.55. The molecule has 0 atom stereocenters. The molecule has 5 heterocycles. The molecule has 0 spiro atoms. The number of amides is 1. The lowest BCUT2D eigenvalue weighted by Crippen LogP contribution is -2.37. The maximum Gasteiger partial charge on any atom is 0.222 e. The van der Waals surface area contributed by atoms with Crippen molar-refractivity contribution in [2.75, 3.05) is 43.1 Å². The van der Waals surface area contributed by atoms with E-state index in [1.54, 1.807) is 12.3 Å². The second kappa shape index (κ2) is 7.54. The zero-order chi connectivity index (χ0) is 21.6. The lowest BCUT2D eigenvalue weighted by atomic mass is 10.1. The first-order chi connectivity index (χ1) is 14.9. The minimum absolute atomic E-state index is 0.164. The first kappa shape index (κ1) is 19.8. The molecule has 3 aromatic rings. The smallest absolute Gasteiger partial charge is 0.222 e. The Balaban J connectivity index is 1.66. The van der Waals surface area contributed by atoms with Gasteiger partial charge in [-0.15, -0.1) is 0 Å². The summed E-state index contributed by atoms with van der Waals surface area (Å²) in [5.41, 5.74) is 1.85. The Morgan fingerprint density at radius 2 is 1.90 bits per heavy atom. The van der Waals surface area contributed by atoms with Gasteiger partial charge in [-0.1, -0.05) is 0 Å². The number of ether oxygens (including phenoxy) is 2. The number of pyridine rings is 1. The second-order valence-electron chi connectivity index (χ2n) is 8.20.